The Morgan fingerprint density at radius 2 is 2.07 bits per heavy atom. The third kappa shape index (κ3) is 4.27. The highest BCUT2D eigenvalue weighted by molar-refractivity contribution is 7.98. The van der Waals surface area contributed by atoms with Gasteiger partial charge < -0.3 is 5.32 Å². The molecule has 0 heterocycles. The van der Waals surface area contributed by atoms with Gasteiger partial charge in [0.1, 0.15) is 0 Å². The van der Waals surface area contributed by atoms with Crippen molar-refractivity contribution in [3.05, 3.63) is 34.9 Å². The average molecular weight is 223 g/mol. The Morgan fingerprint density at radius 3 is 2.73 bits per heavy atom. The first-order valence-electron chi connectivity index (χ1n) is 5.42. The summed E-state index contributed by atoms with van der Waals surface area (Å²) in [5.74, 6) is 1.17. The number of hydrogen-bond donors (Lipinski definition) is 1. The van der Waals surface area contributed by atoms with Gasteiger partial charge in [-0.3, -0.25) is 0 Å². The standard InChI is InChI=1S/C13H21NS/c1-10-5-6-11(2)13(7-10)8-14-12(3)9-15-4/h5-7,12,14H,8-9H2,1-4H3. The minimum Gasteiger partial charge on any atom is -0.309 e. The lowest BCUT2D eigenvalue weighted by Crippen LogP contribution is -2.27. The Balaban J connectivity index is 2.53. The lowest BCUT2D eigenvalue weighted by atomic mass is 10.1. The first kappa shape index (κ1) is 12.6. The molecule has 0 aliphatic heterocycles. The molecule has 0 saturated carbocycles. The second-order valence-electron chi connectivity index (χ2n) is 4.17. The number of nitrogens with one attached hydrogen (secondary N) is 1. The molecular formula is C13H21NS. The van der Waals surface area contributed by atoms with Crippen LogP contribution in [-0.2, 0) is 6.54 Å². The van der Waals surface area contributed by atoms with Gasteiger partial charge in [0.15, 0.2) is 0 Å². The van der Waals surface area contributed by atoms with Crippen molar-refractivity contribution >= 4 is 11.8 Å². The van der Waals surface area contributed by atoms with Gasteiger partial charge in [0.25, 0.3) is 0 Å². The summed E-state index contributed by atoms with van der Waals surface area (Å²) in [4.78, 5) is 0. The molecule has 0 spiro atoms. The van der Waals surface area contributed by atoms with Gasteiger partial charge in [-0.2, -0.15) is 11.8 Å². The monoisotopic (exact) mass is 223 g/mol. The van der Waals surface area contributed by atoms with Crippen LogP contribution in [0.3, 0.4) is 0 Å². The minimum atomic E-state index is 0.583. The molecule has 1 N–H and O–H groups in total. The smallest absolute Gasteiger partial charge is 0.0211 e. The van der Waals surface area contributed by atoms with Crippen LogP contribution in [0.1, 0.15) is 23.6 Å². The number of aryl methyl sites for hydroxylation is 2. The van der Waals surface area contributed by atoms with E-state index in [1.807, 2.05) is 11.8 Å². The molecule has 0 bridgehead atoms. The molecule has 0 radical (unpaired) electrons. The van der Waals surface area contributed by atoms with E-state index in [-0.39, 0.29) is 0 Å². The minimum absolute atomic E-state index is 0.583. The van der Waals surface area contributed by atoms with E-state index in [9.17, 15) is 0 Å². The lowest BCUT2D eigenvalue weighted by molar-refractivity contribution is 0.594. The van der Waals surface area contributed by atoms with Crippen molar-refractivity contribution in [3.63, 3.8) is 0 Å². The first-order chi connectivity index (χ1) is 7.13. The average Bonchev–Trinajstić information content (AvgIpc) is 2.20. The predicted octanol–water partition coefficient (Wildman–Crippen LogP) is 3.14. The van der Waals surface area contributed by atoms with Gasteiger partial charge in [0.05, 0.1) is 0 Å². The second-order valence-corrected chi connectivity index (χ2v) is 5.08. The van der Waals surface area contributed by atoms with Crippen LogP contribution in [-0.4, -0.2) is 18.1 Å². The van der Waals surface area contributed by atoms with Crippen molar-refractivity contribution < 1.29 is 0 Å². The van der Waals surface area contributed by atoms with Gasteiger partial charge in [0, 0.05) is 18.3 Å². The molecule has 0 amide bonds. The highest BCUT2D eigenvalue weighted by Crippen LogP contribution is 2.10. The number of hydrogen-bond acceptors (Lipinski definition) is 2. The van der Waals surface area contributed by atoms with Crippen molar-refractivity contribution in [1.29, 1.82) is 0 Å². The van der Waals surface area contributed by atoms with E-state index in [2.05, 4.69) is 50.5 Å². The van der Waals surface area contributed by atoms with E-state index in [4.69, 9.17) is 0 Å². The Bertz CT molecular complexity index is 309. The molecule has 1 aromatic rings. The van der Waals surface area contributed by atoms with Gasteiger partial charge in [-0.1, -0.05) is 23.8 Å². The van der Waals surface area contributed by atoms with Crippen LogP contribution in [0.25, 0.3) is 0 Å². The summed E-state index contributed by atoms with van der Waals surface area (Å²) in [6, 6.07) is 7.23. The predicted molar refractivity (Wildman–Crippen MR) is 70.6 cm³/mol. The van der Waals surface area contributed by atoms with Gasteiger partial charge in [0.2, 0.25) is 0 Å². The molecule has 0 saturated heterocycles. The second kappa shape index (κ2) is 6.19. The van der Waals surface area contributed by atoms with Crippen molar-refractivity contribution in [2.45, 2.75) is 33.4 Å². The molecule has 1 unspecified atom stereocenters. The summed E-state index contributed by atoms with van der Waals surface area (Å²) < 4.78 is 0. The summed E-state index contributed by atoms with van der Waals surface area (Å²) >= 11 is 1.89. The SMILES string of the molecule is CSCC(C)NCc1cc(C)ccc1C. The van der Waals surface area contributed by atoms with Crippen molar-refractivity contribution in [2.24, 2.45) is 0 Å². The summed E-state index contributed by atoms with van der Waals surface area (Å²) in [6.45, 7) is 7.54. The normalized spacial score (nSPS) is 12.8. The molecule has 0 fully saturated rings. The van der Waals surface area contributed by atoms with E-state index in [1.165, 1.54) is 22.4 Å². The maximum Gasteiger partial charge on any atom is 0.0211 e. The molecule has 15 heavy (non-hydrogen) atoms. The third-order valence-corrected chi connectivity index (χ3v) is 3.40. The maximum absolute atomic E-state index is 3.55. The Hall–Kier alpha value is -0.470. The molecule has 0 aliphatic rings. The zero-order valence-corrected chi connectivity index (χ0v) is 10.9. The van der Waals surface area contributed by atoms with Gasteiger partial charge in [-0.05, 0) is 38.2 Å². The topological polar surface area (TPSA) is 12.0 Å². The Labute approximate surface area is 97.7 Å². The van der Waals surface area contributed by atoms with Crippen LogP contribution >= 0.6 is 11.8 Å². The quantitative estimate of drug-likeness (QED) is 0.823. The number of rotatable bonds is 5. The Morgan fingerprint density at radius 1 is 1.33 bits per heavy atom. The van der Waals surface area contributed by atoms with Crippen LogP contribution < -0.4 is 5.32 Å². The van der Waals surface area contributed by atoms with Crippen molar-refractivity contribution in [2.75, 3.05) is 12.0 Å². The number of thioether (sulfide) groups is 1. The van der Waals surface area contributed by atoms with Crippen LogP contribution in [0.5, 0.6) is 0 Å². The molecule has 0 aromatic heterocycles. The van der Waals surface area contributed by atoms with Gasteiger partial charge in [-0.25, -0.2) is 0 Å². The largest absolute Gasteiger partial charge is 0.309 e. The Kier molecular flexibility index (Phi) is 5.20. The van der Waals surface area contributed by atoms with Crippen molar-refractivity contribution in [1.82, 2.24) is 5.32 Å². The molecule has 1 atom stereocenters. The molecule has 2 heteroatoms. The van der Waals surface area contributed by atoms with E-state index in [0.29, 0.717) is 6.04 Å². The maximum atomic E-state index is 3.55. The summed E-state index contributed by atoms with van der Waals surface area (Å²) in [5.41, 5.74) is 4.14. The van der Waals surface area contributed by atoms with E-state index >= 15 is 0 Å². The summed E-state index contributed by atoms with van der Waals surface area (Å²) in [5, 5.41) is 3.55. The lowest BCUT2D eigenvalue weighted by Gasteiger charge is -2.14. The summed E-state index contributed by atoms with van der Waals surface area (Å²) in [6.07, 6.45) is 2.15. The zero-order valence-electron chi connectivity index (χ0n) is 10.1. The molecule has 84 valence electrons. The molecule has 0 aliphatic carbocycles. The molecular weight excluding hydrogens is 202 g/mol. The molecule has 1 aromatic carbocycles. The van der Waals surface area contributed by atoms with E-state index in [1.54, 1.807) is 0 Å². The fraction of sp³-hybridized carbons (Fsp3) is 0.538. The van der Waals surface area contributed by atoms with E-state index < -0.39 is 0 Å². The van der Waals surface area contributed by atoms with E-state index in [0.717, 1.165) is 6.54 Å². The first-order valence-corrected chi connectivity index (χ1v) is 6.81. The molecule has 1 nitrogen and oxygen atoms in total. The fourth-order valence-electron chi connectivity index (χ4n) is 1.58. The highest BCUT2D eigenvalue weighted by atomic mass is 32.2. The zero-order chi connectivity index (χ0) is 11.3. The summed E-state index contributed by atoms with van der Waals surface area (Å²) in [7, 11) is 0. The molecule has 1 rings (SSSR count). The highest BCUT2D eigenvalue weighted by Gasteiger charge is 2.02. The van der Waals surface area contributed by atoms with Crippen molar-refractivity contribution in [3.8, 4) is 0 Å². The van der Waals surface area contributed by atoms with Crippen LogP contribution in [0, 0.1) is 13.8 Å². The van der Waals surface area contributed by atoms with Crippen LogP contribution in [0.2, 0.25) is 0 Å². The van der Waals surface area contributed by atoms with Gasteiger partial charge in [-0.15, -0.1) is 0 Å². The van der Waals surface area contributed by atoms with Crippen LogP contribution in [0.15, 0.2) is 18.2 Å². The number of benzene rings is 1. The fourth-order valence-corrected chi connectivity index (χ4v) is 2.20. The van der Waals surface area contributed by atoms with Crippen LogP contribution in [0.4, 0.5) is 0 Å². The van der Waals surface area contributed by atoms with Gasteiger partial charge >= 0.3 is 0 Å². The third-order valence-electron chi connectivity index (χ3n) is 2.56.